The fourth-order valence-electron chi connectivity index (χ4n) is 5.25. The van der Waals surface area contributed by atoms with E-state index in [1.165, 1.54) is 17.0 Å². The molecule has 2 aromatic heterocycles. The molecule has 0 saturated heterocycles. The summed E-state index contributed by atoms with van der Waals surface area (Å²) >= 11 is 0. The molecule has 0 unspecified atom stereocenters. The number of rotatable bonds is 9. The Morgan fingerprint density at radius 1 is 0.976 bits per heavy atom. The van der Waals surface area contributed by atoms with E-state index < -0.39 is 0 Å². The van der Waals surface area contributed by atoms with E-state index in [2.05, 4.69) is 69.1 Å². The molecule has 2 heterocycles. The number of hydrogen-bond donors (Lipinski definition) is 1. The van der Waals surface area contributed by atoms with Gasteiger partial charge >= 0.3 is 0 Å². The number of aliphatic hydroxyl groups is 1. The molecule has 2 aromatic carbocycles. The van der Waals surface area contributed by atoms with Crippen molar-refractivity contribution in [2.75, 3.05) is 0 Å². The largest absolute Gasteiger partial charge is 0.512 e. The van der Waals surface area contributed by atoms with Crippen molar-refractivity contribution in [3.05, 3.63) is 77.9 Å². The van der Waals surface area contributed by atoms with E-state index in [1.54, 1.807) is 6.26 Å². The van der Waals surface area contributed by atoms with Crippen molar-refractivity contribution in [1.82, 2.24) is 4.98 Å². The van der Waals surface area contributed by atoms with Crippen molar-refractivity contribution >= 4 is 27.5 Å². The van der Waals surface area contributed by atoms with Crippen LogP contribution in [0.5, 0.6) is 0 Å². The second-order valence-corrected chi connectivity index (χ2v) is 12.0. The van der Waals surface area contributed by atoms with Crippen LogP contribution in [0.15, 0.2) is 65.1 Å². The maximum atomic E-state index is 11.7. The van der Waals surface area contributed by atoms with E-state index >= 15 is 0 Å². The molecule has 4 aromatic rings. The van der Waals surface area contributed by atoms with Crippen molar-refractivity contribution in [1.29, 1.82) is 0 Å². The summed E-state index contributed by atoms with van der Waals surface area (Å²) in [5, 5.41) is 13.2. The average molecular weight is 733 g/mol. The summed E-state index contributed by atoms with van der Waals surface area (Å²) in [6, 6.07) is 16.3. The maximum absolute atomic E-state index is 11.7. The summed E-state index contributed by atoms with van der Waals surface area (Å²) in [6.45, 7) is 16.9. The Hall–Kier alpha value is -2.75. The molecule has 1 N–H and O–H groups in total. The Balaban J connectivity index is 0.000000320. The molecule has 41 heavy (non-hydrogen) atoms. The van der Waals surface area contributed by atoms with Gasteiger partial charge in [0.1, 0.15) is 0 Å². The zero-order valence-electron chi connectivity index (χ0n) is 25.9. The van der Waals surface area contributed by atoms with Crippen LogP contribution < -0.4 is 0 Å². The number of aliphatic hydroxyl groups excluding tert-OH is 1. The molecular weight excluding hydrogens is 687 g/mol. The summed E-state index contributed by atoms with van der Waals surface area (Å²) < 4.78 is 5.73. The molecule has 223 valence electrons. The number of carbonyl (C=O) groups excluding carboxylic acids is 1. The number of aromatic nitrogens is 1. The fraction of sp³-hybridized carbons (Fsp3) is 0.444. The molecule has 4 rings (SSSR count). The molecule has 0 saturated carbocycles. The first-order chi connectivity index (χ1) is 19.0. The molecule has 0 amide bonds. The van der Waals surface area contributed by atoms with Gasteiger partial charge in [0.2, 0.25) is 0 Å². The minimum Gasteiger partial charge on any atom is -0.512 e. The number of carbonyl (C=O) groups is 1. The monoisotopic (exact) mass is 733 g/mol. The number of hydrogen-bond acceptors (Lipinski definition) is 4. The SMILES string of the molecule is CCC(CC)C(=O)/C=C(\O)C(CC)CC.Cc1[c-]c(-c2nccc3cc(CC(C)(C)C)ccc23)c2occc2c1.[Ir]. The molecule has 0 bridgehead atoms. The molecule has 1 radical (unpaired) electrons. The molecule has 4 nitrogen and oxygen atoms in total. The molecule has 0 fully saturated rings. The third-order valence-electron chi connectivity index (χ3n) is 7.50. The topological polar surface area (TPSA) is 63.3 Å². The number of aryl methyl sites for hydroxylation is 1. The quantitative estimate of drug-likeness (QED) is 0.106. The van der Waals surface area contributed by atoms with Gasteiger partial charge in [-0.2, -0.15) is 0 Å². The van der Waals surface area contributed by atoms with Crippen LogP contribution in [0.1, 0.15) is 85.3 Å². The second kappa shape index (κ2) is 15.5. The van der Waals surface area contributed by atoms with E-state index in [1.807, 2.05) is 40.0 Å². The summed E-state index contributed by atoms with van der Waals surface area (Å²) in [6.07, 6.45) is 9.57. The molecule has 0 atom stereocenters. The number of nitrogens with zero attached hydrogens (tertiary/aromatic N) is 1. The third kappa shape index (κ3) is 9.12. The number of benzene rings is 2. The number of allylic oxidation sites excluding steroid dienone is 2. The van der Waals surface area contributed by atoms with Crippen LogP contribution >= 0.6 is 0 Å². The van der Waals surface area contributed by atoms with Crippen LogP contribution in [-0.4, -0.2) is 15.9 Å². The van der Waals surface area contributed by atoms with Gasteiger partial charge in [0.25, 0.3) is 0 Å². The van der Waals surface area contributed by atoms with E-state index in [4.69, 9.17) is 4.42 Å². The fourth-order valence-corrected chi connectivity index (χ4v) is 5.25. The van der Waals surface area contributed by atoms with Crippen molar-refractivity contribution in [2.24, 2.45) is 17.3 Å². The van der Waals surface area contributed by atoms with E-state index in [9.17, 15) is 9.90 Å². The minimum atomic E-state index is 0. The molecule has 0 aliphatic heterocycles. The van der Waals surface area contributed by atoms with Crippen molar-refractivity contribution < 1.29 is 34.4 Å². The maximum Gasteiger partial charge on any atom is 0.162 e. The zero-order valence-corrected chi connectivity index (χ0v) is 28.3. The Bertz CT molecular complexity index is 1450. The first kappa shape index (κ1) is 34.5. The average Bonchev–Trinajstić information content (AvgIpc) is 3.37. The molecule has 5 heteroatoms. The van der Waals surface area contributed by atoms with Crippen LogP contribution in [0.2, 0.25) is 0 Å². The van der Waals surface area contributed by atoms with Gasteiger partial charge in [0.15, 0.2) is 5.78 Å². The van der Waals surface area contributed by atoms with Gasteiger partial charge in [-0.15, -0.1) is 17.7 Å². The van der Waals surface area contributed by atoms with Crippen molar-refractivity contribution in [3.63, 3.8) is 0 Å². The van der Waals surface area contributed by atoms with Gasteiger partial charge in [-0.25, -0.2) is 0 Å². The van der Waals surface area contributed by atoms with E-state index in [0.29, 0.717) is 0 Å². The van der Waals surface area contributed by atoms with Gasteiger partial charge in [0, 0.05) is 44.2 Å². The Morgan fingerprint density at radius 2 is 1.63 bits per heavy atom. The van der Waals surface area contributed by atoms with Gasteiger partial charge in [-0.05, 0) is 71.7 Å². The minimum absolute atomic E-state index is 0. The summed E-state index contributed by atoms with van der Waals surface area (Å²) in [7, 11) is 0. The predicted molar refractivity (Wildman–Crippen MR) is 168 cm³/mol. The number of ketones is 1. The van der Waals surface area contributed by atoms with Gasteiger partial charge in [-0.1, -0.05) is 84.5 Å². The number of fused-ring (bicyclic) bond motifs is 2. The number of pyridine rings is 1. The summed E-state index contributed by atoms with van der Waals surface area (Å²) in [5.74, 6) is 0.547. The molecule has 0 spiro atoms. The van der Waals surface area contributed by atoms with Crippen LogP contribution in [0, 0.1) is 30.2 Å². The van der Waals surface area contributed by atoms with Crippen LogP contribution in [0.4, 0.5) is 0 Å². The first-order valence-corrected chi connectivity index (χ1v) is 14.7. The van der Waals surface area contributed by atoms with Crippen LogP contribution in [-0.2, 0) is 31.3 Å². The predicted octanol–water partition coefficient (Wildman–Crippen LogP) is 10.2. The smallest absolute Gasteiger partial charge is 0.162 e. The first-order valence-electron chi connectivity index (χ1n) is 14.7. The normalized spacial score (nSPS) is 12.0. The summed E-state index contributed by atoms with van der Waals surface area (Å²) in [4.78, 5) is 16.4. The Kier molecular flexibility index (Phi) is 13.0. The Morgan fingerprint density at radius 3 is 2.24 bits per heavy atom. The number of furan rings is 1. The van der Waals surface area contributed by atoms with Gasteiger partial charge in [-0.3, -0.25) is 4.79 Å². The Labute approximate surface area is 260 Å². The van der Waals surface area contributed by atoms with Crippen LogP contribution in [0.25, 0.3) is 33.0 Å². The van der Waals surface area contributed by atoms with Crippen LogP contribution in [0.3, 0.4) is 0 Å². The summed E-state index contributed by atoms with van der Waals surface area (Å²) in [5.41, 5.74) is 5.44. The standard InChI is InChI=1S/C23H22NO.C13H24O2.Ir/c1-15-11-18-8-10-25-22(18)20(12-15)21-19-6-5-16(14-23(2,3)4)13-17(19)7-9-24-21;1-5-10(6-2)12(14)9-13(15)11(7-3)8-4;/h5-11,13H,14H2,1-4H3;9-11,14H,5-8H2,1-4H3;/q-1;;/b;12-9-;. The third-order valence-corrected chi connectivity index (χ3v) is 7.50. The van der Waals surface area contributed by atoms with Crippen molar-refractivity contribution in [3.8, 4) is 11.3 Å². The van der Waals surface area contributed by atoms with E-state index in [0.717, 1.165) is 65.3 Å². The van der Waals surface area contributed by atoms with Gasteiger partial charge in [0.05, 0.1) is 17.6 Å². The van der Waals surface area contributed by atoms with E-state index in [-0.39, 0.29) is 48.9 Å². The second-order valence-electron chi connectivity index (χ2n) is 12.0. The molecular formula is C36H46IrNO3-. The molecule has 0 aliphatic rings. The van der Waals surface area contributed by atoms with Crippen molar-refractivity contribution in [2.45, 2.75) is 87.5 Å². The molecule has 0 aliphatic carbocycles. The zero-order chi connectivity index (χ0) is 29.4. The van der Waals surface area contributed by atoms with Gasteiger partial charge < -0.3 is 14.5 Å².